The Hall–Kier alpha value is -3.69. The first kappa shape index (κ1) is 27.9. The molecule has 1 aliphatic rings. The van der Waals surface area contributed by atoms with Gasteiger partial charge in [-0.3, -0.25) is 24.0 Å². The van der Waals surface area contributed by atoms with Crippen molar-refractivity contribution in [3.8, 4) is 5.75 Å². The molecule has 0 fully saturated rings. The average molecular weight is 547 g/mol. The van der Waals surface area contributed by atoms with Crippen LogP contribution in [-0.4, -0.2) is 53.1 Å². The van der Waals surface area contributed by atoms with Gasteiger partial charge in [0.25, 0.3) is 5.91 Å². The lowest BCUT2D eigenvalue weighted by atomic mass is 10.00. The molecule has 9 nitrogen and oxygen atoms in total. The lowest BCUT2D eigenvalue weighted by Crippen LogP contribution is -2.54. The number of nitrogens with one attached hydrogen (secondary N) is 2. The summed E-state index contributed by atoms with van der Waals surface area (Å²) < 4.78 is 5.39. The molecule has 2 aromatic rings. The number of ether oxygens (including phenoxy) is 1. The Labute approximate surface area is 222 Å². The fourth-order valence-electron chi connectivity index (χ4n) is 3.71. The number of carbonyl (C=O) groups is 5. The standard InChI is InChI=1S/C26H24Cl2N2O7/c1-13(2)23(30-25(35)16-10-20(31)15-7-4-3-6-14(15)16)26(36)29-19(11-22(33)34)21(32)12-37-24-17(27)8-5-9-18(24)28/h3-10,13,19,23H,11-12H2,1-2H3,(H,29,36)(H,30,35)(H,33,34)/t19-,23?/m1/s1. The normalized spacial score (nSPS) is 13.9. The Morgan fingerprint density at radius 1 is 0.946 bits per heavy atom. The van der Waals surface area contributed by atoms with Crippen molar-refractivity contribution in [2.45, 2.75) is 32.4 Å². The molecule has 3 rings (SSSR count). The summed E-state index contributed by atoms with van der Waals surface area (Å²) in [5.74, 6) is -4.19. The second-order valence-corrected chi connectivity index (χ2v) is 9.44. The molecule has 0 heterocycles. The van der Waals surface area contributed by atoms with Crippen LogP contribution in [0.1, 0.15) is 36.2 Å². The van der Waals surface area contributed by atoms with Crippen LogP contribution in [0, 0.1) is 5.92 Å². The third-order valence-electron chi connectivity index (χ3n) is 5.60. The molecule has 11 heteroatoms. The lowest BCUT2D eigenvalue weighted by molar-refractivity contribution is -0.141. The number of Topliss-reactive ketones (excluding diaryl/α,β-unsaturated/α-hetero) is 1. The average Bonchev–Trinajstić information content (AvgIpc) is 3.17. The molecule has 0 aliphatic heterocycles. The number of amides is 2. The number of aliphatic carboxylic acids is 1. The van der Waals surface area contributed by atoms with Crippen LogP contribution in [0.3, 0.4) is 0 Å². The third-order valence-corrected chi connectivity index (χ3v) is 6.20. The fraction of sp³-hybridized carbons (Fsp3) is 0.269. The Morgan fingerprint density at radius 2 is 1.57 bits per heavy atom. The summed E-state index contributed by atoms with van der Waals surface area (Å²) in [6.07, 6.45) is 0.485. The molecule has 0 bridgehead atoms. The van der Waals surface area contributed by atoms with E-state index in [0.717, 1.165) is 0 Å². The highest BCUT2D eigenvalue weighted by Crippen LogP contribution is 2.32. The minimum atomic E-state index is -1.45. The van der Waals surface area contributed by atoms with E-state index in [4.69, 9.17) is 27.9 Å². The molecule has 0 saturated carbocycles. The van der Waals surface area contributed by atoms with Crippen LogP contribution in [0.2, 0.25) is 10.0 Å². The quantitative estimate of drug-likeness (QED) is 0.392. The summed E-state index contributed by atoms with van der Waals surface area (Å²) >= 11 is 12.1. The van der Waals surface area contributed by atoms with Gasteiger partial charge in [-0.05, 0) is 29.7 Å². The topological polar surface area (TPSA) is 139 Å². The zero-order chi connectivity index (χ0) is 27.3. The Bertz CT molecular complexity index is 1270. The molecule has 194 valence electrons. The Kier molecular flexibility index (Phi) is 9.07. The van der Waals surface area contributed by atoms with Gasteiger partial charge in [0.15, 0.2) is 17.3 Å². The van der Waals surface area contributed by atoms with E-state index in [9.17, 15) is 29.1 Å². The molecule has 3 N–H and O–H groups in total. The maximum Gasteiger partial charge on any atom is 0.305 e. The van der Waals surface area contributed by atoms with E-state index in [0.29, 0.717) is 11.1 Å². The molecular weight excluding hydrogens is 523 g/mol. The molecule has 37 heavy (non-hydrogen) atoms. The molecule has 1 unspecified atom stereocenters. The van der Waals surface area contributed by atoms with Crippen LogP contribution in [0.5, 0.6) is 5.75 Å². The number of carboxylic acids is 1. The van der Waals surface area contributed by atoms with Crippen molar-refractivity contribution in [2.75, 3.05) is 6.61 Å². The number of hydrogen-bond acceptors (Lipinski definition) is 6. The maximum absolute atomic E-state index is 13.1. The van der Waals surface area contributed by atoms with Crippen LogP contribution in [-0.2, 0) is 19.2 Å². The van der Waals surface area contributed by atoms with Gasteiger partial charge in [-0.1, -0.05) is 67.4 Å². The van der Waals surface area contributed by atoms with Gasteiger partial charge in [0.1, 0.15) is 18.7 Å². The third kappa shape index (κ3) is 6.75. The highest BCUT2D eigenvalue weighted by Gasteiger charge is 2.33. The summed E-state index contributed by atoms with van der Waals surface area (Å²) in [5, 5.41) is 14.6. The minimum absolute atomic E-state index is 0.0478. The van der Waals surface area contributed by atoms with Crippen LogP contribution < -0.4 is 15.4 Å². The van der Waals surface area contributed by atoms with Gasteiger partial charge in [-0.2, -0.15) is 0 Å². The Morgan fingerprint density at radius 3 is 2.16 bits per heavy atom. The molecule has 0 saturated heterocycles. The fourth-order valence-corrected chi connectivity index (χ4v) is 4.21. The molecular formula is C26H24Cl2N2O7. The summed E-state index contributed by atoms with van der Waals surface area (Å²) in [5.41, 5.74) is 0.938. The molecule has 0 aromatic heterocycles. The van der Waals surface area contributed by atoms with Crippen LogP contribution in [0.25, 0.3) is 5.57 Å². The van der Waals surface area contributed by atoms with E-state index in [1.165, 1.54) is 18.2 Å². The molecule has 0 spiro atoms. The number of ketones is 2. The zero-order valence-corrected chi connectivity index (χ0v) is 21.4. The molecule has 2 amide bonds. The molecule has 1 aliphatic carbocycles. The monoisotopic (exact) mass is 546 g/mol. The van der Waals surface area contributed by atoms with E-state index in [2.05, 4.69) is 10.6 Å². The SMILES string of the molecule is CC(C)C(NC(=O)C1=CC(=O)c2ccccc21)C(=O)N[C@H](CC(=O)O)C(=O)COc1c(Cl)cccc1Cl. The predicted octanol–water partition coefficient (Wildman–Crippen LogP) is 3.32. The second kappa shape index (κ2) is 12.0. The predicted molar refractivity (Wildman–Crippen MR) is 137 cm³/mol. The number of hydrogen-bond donors (Lipinski definition) is 3. The van der Waals surface area contributed by atoms with Gasteiger partial charge in [0.05, 0.1) is 22.0 Å². The van der Waals surface area contributed by atoms with Crippen LogP contribution in [0.4, 0.5) is 0 Å². The zero-order valence-electron chi connectivity index (χ0n) is 19.9. The van der Waals surface area contributed by atoms with Gasteiger partial charge in [0, 0.05) is 5.56 Å². The van der Waals surface area contributed by atoms with E-state index in [1.54, 1.807) is 44.2 Å². The van der Waals surface area contributed by atoms with Gasteiger partial charge in [-0.15, -0.1) is 0 Å². The highest BCUT2D eigenvalue weighted by molar-refractivity contribution is 6.37. The van der Waals surface area contributed by atoms with Crippen molar-refractivity contribution in [3.05, 3.63) is 69.7 Å². The number of para-hydroxylation sites is 1. The first-order chi connectivity index (χ1) is 17.5. The summed E-state index contributed by atoms with van der Waals surface area (Å²) in [6, 6.07) is 8.62. The maximum atomic E-state index is 13.1. The largest absolute Gasteiger partial charge is 0.483 e. The van der Waals surface area contributed by atoms with E-state index < -0.39 is 54.6 Å². The number of carboxylic acid groups (broad SMARTS) is 1. The Balaban J connectivity index is 1.72. The minimum Gasteiger partial charge on any atom is -0.483 e. The van der Waals surface area contributed by atoms with Crippen molar-refractivity contribution in [1.29, 1.82) is 0 Å². The van der Waals surface area contributed by atoms with Gasteiger partial charge >= 0.3 is 5.97 Å². The van der Waals surface area contributed by atoms with Gasteiger partial charge < -0.3 is 20.5 Å². The van der Waals surface area contributed by atoms with E-state index in [1.807, 2.05) is 0 Å². The summed E-state index contributed by atoms with van der Waals surface area (Å²) in [6.45, 7) is 2.73. The number of rotatable bonds is 11. The molecule has 0 radical (unpaired) electrons. The van der Waals surface area contributed by atoms with Crippen LogP contribution in [0.15, 0.2) is 48.5 Å². The number of fused-ring (bicyclic) bond motifs is 1. The van der Waals surface area contributed by atoms with Crippen molar-refractivity contribution in [1.82, 2.24) is 10.6 Å². The summed E-state index contributed by atoms with van der Waals surface area (Å²) in [4.78, 5) is 62.4. The first-order valence-electron chi connectivity index (χ1n) is 11.3. The van der Waals surface area contributed by atoms with Crippen molar-refractivity contribution in [3.63, 3.8) is 0 Å². The summed E-state index contributed by atoms with van der Waals surface area (Å²) in [7, 11) is 0. The van der Waals surface area contributed by atoms with Crippen molar-refractivity contribution < 1.29 is 33.8 Å². The van der Waals surface area contributed by atoms with Crippen molar-refractivity contribution in [2.24, 2.45) is 5.92 Å². The van der Waals surface area contributed by atoms with Crippen LogP contribution >= 0.6 is 23.2 Å². The van der Waals surface area contributed by atoms with E-state index >= 15 is 0 Å². The number of halogens is 2. The van der Waals surface area contributed by atoms with E-state index in [-0.39, 0.29) is 27.2 Å². The van der Waals surface area contributed by atoms with Gasteiger partial charge in [0.2, 0.25) is 5.91 Å². The second-order valence-electron chi connectivity index (χ2n) is 8.63. The smallest absolute Gasteiger partial charge is 0.305 e. The highest BCUT2D eigenvalue weighted by atomic mass is 35.5. The van der Waals surface area contributed by atoms with Crippen molar-refractivity contribution >= 4 is 58.1 Å². The number of benzene rings is 2. The number of carbonyl (C=O) groups excluding carboxylic acids is 4. The number of allylic oxidation sites excluding steroid dienone is 1. The first-order valence-corrected chi connectivity index (χ1v) is 12.0. The van der Waals surface area contributed by atoms with Gasteiger partial charge in [-0.25, -0.2) is 0 Å². The lowest BCUT2D eigenvalue weighted by Gasteiger charge is -2.25. The molecule has 2 aromatic carbocycles. The molecule has 2 atom stereocenters.